The number of amides is 1. The molecule has 0 aliphatic carbocycles. The molecule has 0 N–H and O–H groups in total. The molecule has 102 valence electrons. The lowest BCUT2D eigenvalue weighted by Crippen LogP contribution is -2.36. The van der Waals surface area contributed by atoms with Crippen molar-refractivity contribution in [2.45, 2.75) is 39.1 Å². The first kappa shape index (κ1) is 13.4. The highest BCUT2D eigenvalue weighted by molar-refractivity contribution is 5.70. The molecule has 2 rings (SSSR count). The van der Waals surface area contributed by atoms with Crippen molar-refractivity contribution >= 4 is 12.6 Å². The molecule has 1 aromatic rings. The van der Waals surface area contributed by atoms with Crippen molar-refractivity contribution in [1.82, 2.24) is 4.90 Å². The second kappa shape index (κ2) is 4.91. The molecule has 5 heteroatoms. The van der Waals surface area contributed by atoms with E-state index in [0.29, 0.717) is 13.0 Å². The largest absolute Gasteiger partial charge is 0.444 e. The van der Waals surface area contributed by atoms with Gasteiger partial charge in [-0.2, -0.15) is 0 Å². The summed E-state index contributed by atoms with van der Waals surface area (Å²) in [6, 6.07) is 7.47. The fourth-order valence-corrected chi connectivity index (χ4v) is 2.03. The minimum absolute atomic E-state index is 0.351. The molecular weight excluding hydrogens is 246 g/mol. The first-order valence-electron chi connectivity index (χ1n) is 6.09. The molecule has 1 aliphatic rings. The van der Waals surface area contributed by atoms with Crippen LogP contribution < -0.4 is 0 Å². The van der Waals surface area contributed by atoms with E-state index < -0.39 is 17.9 Å². The molecule has 0 unspecified atom stereocenters. The van der Waals surface area contributed by atoms with E-state index in [2.05, 4.69) is 0 Å². The van der Waals surface area contributed by atoms with Crippen LogP contribution in [0.15, 0.2) is 24.3 Å². The zero-order valence-electron chi connectivity index (χ0n) is 11.3. The van der Waals surface area contributed by atoms with E-state index in [-0.39, 0.29) is 0 Å². The van der Waals surface area contributed by atoms with Crippen LogP contribution in [0.4, 0.5) is 4.79 Å². The molecular formula is C14H17NO4. The molecule has 0 spiro atoms. The highest BCUT2D eigenvalue weighted by Gasteiger charge is 2.37. The van der Waals surface area contributed by atoms with Gasteiger partial charge in [-0.1, -0.05) is 24.3 Å². The van der Waals surface area contributed by atoms with Gasteiger partial charge in [0.15, 0.2) is 0 Å². The average Bonchev–Trinajstić information content (AvgIpc) is 2.67. The lowest BCUT2D eigenvalue weighted by molar-refractivity contribution is -0.142. The first-order chi connectivity index (χ1) is 8.92. The molecule has 0 saturated carbocycles. The summed E-state index contributed by atoms with van der Waals surface area (Å²) < 4.78 is 10.3. The van der Waals surface area contributed by atoms with Crippen molar-refractivity contribution in [3.63, 3.8) is 0 Å². The Bertz CT molecular complexity index is 492. The van der Waals surface area contributed by atoms with Crippen LogP contribution in [0.1, 0.15) is 38.1 Å². The van der Waals surface area contributed by atoms with Crippen molar-refractivity contribution in [2.24, 2.45) is 0 Å². The van der Waals surface area contributed by atoms with Gasteiger partial charge in [-0.25, -0.2) is 4.79 Å². The SMILES string of the molecule is CC(C)(C)OC(=O)N1Cc2ccccc2[C@H]1OC=O. The molecule has 5 nitrogen and oxygen atoms in total. The molecule has 1 heterocycles. The Morgan fingerprint density at radius 1 is 1.37 bits per heavy atom. The van der Waals surface area contributed by atoms with Gasteiger partial charge in [0, 0.05) is 5.56 Å². The van der Waals surface area contributed by atoms with Crippen molar-refractivity contribution in [3.8, 4) is 0 Å². The smallest absolute Gasteiger partial charge is 0.413 e. The number of carbonyl (C=O) groups excluding carboxylic acids is 2. The Morgan fingerprint density at radius 3 is 2.68 bits per heavy atom. The average molecular weight is 263 g/mol. The normalized spacial score (nSPS) is 17.8. The molecule has 19 heavy (non-hydrogen) atoms. The van der Waals surface area contributed by atoms with Crippen molar-refractivity contribution in [1.29, 1.82) is 0 Å². The zero-order chi connectivity index (χ0) is 14.0. The summed E-state index contributed by atoms with van der Waals surface area (Å²) in [4.78, 5) is 24.2. The molecule has 1 atom stereocenters. The molecule has 1 aliphatic heterocycles. The van der Waals surface area contributed by atoms with Gasteiger partial charge in [0.1, 0.15) is 5.60 Å². The van der Waals surface area contributed by atoms with Gasteiger partial charge in [-0.05, 0) is 26.3 Å². The third kappa shape index (κ3) is 2.86. The maximum atomic E-state index is 12.1. The monoisotopic (exact) mass is 263 g/mol. The lowest BCUT2D eigenvalue weighted by atomic mass is 10.1. The highest BCUT2D eigenvalue weighted by Crippen LogP contribution is 2.34. The van der Waals surface area contributed by atoms with Gasteiger partial charge in [0.2, 0.25) is 6.23 Å². The Morgan fingerprint density at radius 2 is 2.05 bits per heavy atom. The van der Waals surface area contributed by atoms with Gasteiger partial charge in [0.05, 0.1) is 6.54 Å². The first-order valence-corrected chi connectivity index (χ1v) is 6.09. The van der Waals surface area contributed by atoms with Gasteiger partial charge in [-0.15, -0.1) is 0 Å². The van der Waals surface area contributed by atoms with E-state index in [1.54, 1.807) is 20.8 Å². The Hall–Kier alpha value is -2.04. The van der Waals surface area contributed by atoms with Crippen LogP contribution in [0, 0.1) is 0 Å². The third-order valence-corrected chi connectivity index (χ3v) is 2.76. The lowest BCUT2D eigenvalue weighted by Gasteiger charge is -2.27. The fraction of sp³-hybridized carbons (Fsp3) is 0.429. The van der Waals surface area contributed by atoms with E-state index in [1.165, 1.54) is 4.90 Å². The summed E-state index contributed by atoms with van der Waals surface area (Å²) in [5.74, 6) is 0. The number of hydrogen-bond donors (Lipinski definition) is 0. The van der Waals surface area contributed by atoms with Crippen LogP contribution in [0.2, 0.25) is 0 Å². The van der Waals surface area contributed by atoms with Crippen LogP contribution >= 0.6 is 0 Å². The summed E-state index contributed by atoms with van der Waals surface area (Å²) in [7, 11) is 0. The minimum Gasteiger partial charge on any atom is -0.444 e. The molecule has 0 radical (unpaired) electrons. The minimum atomic E-state index is -0.705. The Labute approximate surface area is 112 Å². The van der Waals surface area contributed by atoms with Gasteiger partial charge < -0.3 is 9.47 Å². The summed E-state index contributed by atoms with van der Waals surface area (Å²) in [5.41, 5.74) is 1.19. The molecule has 0 fully saturated rings. The number of rotatable bonds is 2. The highest BCUT2D eigenvalue weighted by atomic mass is 16.6. The predicted octanol–water partition coefficient (Wildman–Crippen LogP) is 2.61. The van der Waals surface area contributed by atoms with Gasteiger partial charge in [0.25, 0.3) is 6.47 Å². The zero-order valence-corrected chi connectivity index (χ0v) is 11.3. The standard InChI is InChI=1S/C14H17NO4/c1-14(2,3)19-13(17)15-8-10-6-4-5-7-11(10)12(15)18-9-16/h4-7,9,12H,8H2,1-3H3/t12-/m1/s1. The summed E-state index contributed by atoms with van der Waals surface area (Å²) in [6.07, 6.45) is -1.20. The molecule has 0 saturated heterocycles. The van der Waals surface area contributed by atoms with Crippen LogP contribution in [0.5, 0.6) is 0 Å². The Kier molecular flexibility index (Phi) is 3.46. The number of ether oxygens (including phenoxy) is 2. The van der Waals surface area contributed by atoms with Crippen LogP contribution in [0.25, 0.3) is 0 Å². The van der Waals surface area contributed by atoms with E-state index in [0.717, 1.165) is 11.1 Å². The maximum Gasteiger partial charge on any atom is 0.413 e. The van der Waals surface area contributed by atoms with E-state index >= 15 is 0 Å². The number of nitrogens with zero attached hydrogens (tertiary/aromatic N) is 1. The van der Waals surface area contributed by atoms with Crippen molar-refractivity contribution in [2.75, 3.05) is 0 Å². The predicted molar refractivity (Wildman–Crippen MR) is 68.1 cm³/mol. The van der Waals surface area contributed by atoms with Gasteiger partial charge in [-0.3, -0.25) is 9.69 Å². The van der Waals surface area contributed by atoms with Crippen LogP contribution in [-0.4, -0.2) is 23.1 Å². The maximum absolute atomic E-state index is 12.1. The number of benzene rings is 1. The van der Waals surface area contributed by atoms with Crippen molar-refractivity contribution < 1.29 is 19.1 Å². The summed E-state index contributed by atoms with van der Waals surface area (Å²) in [5, 5.41) is 0. The van der Waals surface area contributed by atoms with E-state index in [9.17, 15) is 9.59 Å². The fourth-order valence-electron chi connectivity index (χ4n) is 2.03. The van der Waals surface area contributed by atoms with Gasteiger partial charge >= 0.3 is 6.09 Å². The van der Waals surface area contributed by atoms with Crippen LogP contribution in [-0.2, 0) is 20.8 Å². The third-order valence-electron chi connectivity index (χ3n) is 2.76. The molecule has 1 aromatic carbocycles. The second-order valence-corrected chi connectivity index (χ2v) is 5.39. The number of fused-ring (bicyclic) bond motifs is 1. The number of hydrogen-bond acceptors (Lipinski definition) is 4. The second-order valence-electron chi connectivity index (χ2n) is 5.39. The Balaban J connectivity index is 2.23. The number of carbonyl (C=O) groups is 2. The van der Waals surface area contributed by atoms with Crippen LogP contribution in [0.3, 0.4) is 0 Å². The summed E-state index contributed by atoms with van der Waals surface area (Å²) >= 11 is 0. The molecule has 0 aromatic heterocycles. The van der Waals surface area contributed by atoms with Crippen molar-refractivity contribution in [3.05, 3.63) is 35.4 Å². The topological polar surface area (TPSA) is 55.8 Å². The quantitative estimate of drug-likeness (QED) is 0.770. The molecule has 1 amide bonds. The molecule has 0 bridgehead atoms. The van der Waals surface area contributed by atoms with E-state index in [1.807, 2.05) is 24.3 Å². The summed E-state index contributed by atoms with van der Waals surface area (Å²) in [6.45, 7) is 6.12. The van der Waals surface area contributed by atoms with E-state index in [4.69, 9.17) is 9.47 Å².